The van der Waals surface area contributed by atoms with Gasteiger partial charge in [0.1, 0.15) is 5.69 Å². The zero-order valence-corrected chi connectivity index (χ0v) is 12.6. The van der Waals surface area contributed by atoms with Gasteiger partial charge in [-0.15, -0.1) is 10.2 Å². The summed E-state index contributed by atoms with van der Waals surface area (Å²) in [5.74, 6) is 0.0461. The van der Waals surface area contributed by atoms with Crippen LogP contribution in [0.5, 0.6) is 0 Å². The van der Waals surface area contributed by atoms with Crippen molar-refractivity contribution in [3.8, 4) is 0 Å². The Morgan fingerprint density at radius 2 is 2.05 bits per heavy atom. The standard InChI is InChI=1S/C14H16N4O2S/c1-9(11-6-4-3-5-7-11)15-12(19)8-21-14-16-13(20)10(2)17-18-14/h3-7,9H,8H2,1-2H3,(H,15,19)(H,16,18,20)/t9-/m0/s1. The molecular weight excluding hydrogens is 288 g/mol. The lowest BCUT2D eigenvalue weighted by atomic mass is 10.1. The maximum Gasteiger partial charge on any atom is 0.273 e. The summed E-state index contributed by atoms with van der Waals surface area (Å²) in [6.45, 7) is 3.50. The molecule has 0 bridgehead atoms. The first-order valence-corrected chi connectivity index (χ1v) is 7.45. The van der Waals surface area contributed by atoms with Crippen LogP contribution in [0.25, 0.3) is 0 Å². The molecule has 1 aromatic heterocycles. The molecule has 0 aliphatic heterocycles. The highest BCUT2D eigenvalue weighted by Gasteiger charge is 2.10. The highest BCUT2D eigenvalue weighted by molar-refractivity contribution is 7.99. The molecule has 6 nitrogen and oxygen atoms in total. The minimum Gasteiger partial charge on any atom is -0.349 e. The number of aromatic nitrogens is 3. The minimum absolute atomic E-state index is 0.0672. The molecule has 0 unspecified atom stereocenters. The van der Waals surface area contributed by atoms with Crippen molar-refractivity contribution in [2.24, 2.45) is 0 Å². The van der Waals surface area contributed by atoms with Crippen LogP contribution < -0.4 is 10.9 Å². The second-order valence-electron chi connectivity index (χ2n) is 4.53. The van der Waals surface area contributed by atoms with E-state index in [0.29, 0.717) is 10.9 Å². The average Bonchev–Trinajstić information content (AvgIpc) is 2.49. The lowest BCUT2D eigenvalue weighted by Gasteiger charge is -2.13. The van der Waals surface area contributed by atoms with E-state index in [9.17, 15) is 9.59 Å². The highest BCUT2D eigenvalue weighted by atomic mass is 32.2. The Bertz CT molecular complexity index is 672. The van der Waals surface area contributed by atoms with E-state index in [-0.39, 0.29) is 23.3 Å². The number of nitrogens with zero attached hydrogens (tertiary/aromatic N) is 2. The summed E-state index contributed by atoms with van der Waals surface area (Å²) in [5, 5.41) is 10.8. The first kappa shape index (κ1) is 15.2. The zero-order valence-electron chi connectivity index (χ0n) is 11.8. The fourth-order valence-electron chi connectivity index (χ4n) is 1.69. The normalized spacial score (nSPS) is 11.9. The van der Waals surface area contributed by atoms with Crippen molar-refractivity contribution in [1.29, 1.82) is 0 Å². The molecule has 0 spiro atoms. The van der Waals surface area contributed by atoms with E-state index >= 15 is 0 Å². The molecule has 2 rings (SSSR count). The first-order valence-electron chi connectivity index (χ1n) is 6.47. The van der Waals surface area contributed by atoms with E-state index in [4.69, 9.17) is 0 Å². The maximum atomic E-state index is 11.9. The fraction of sp³-hybridized carbons (Fsp3) is 0.286. The van der Waals surface area contributed by atoms with Gasteiger partial charge in [-0.05, 0) is 19.4 Å². The van der Waals surface area contributed by atoms with Crippen LogP contribution in [0.3, 0.4) is 0 Å². The SMILES string of the molecule is Cc1nnc(SCC(=O)N[C@@H](C)c2ccccc2)[nH]c1=O. The Morgan fingerprint density at radius 1 is 1.33 bits per heavy atom. The van der Waals surface area contributed by atoms with Crippen molar-refractivity contribution in [3.05, 3.63) is 51.9 Å². The van der Waals surface area contributed by atoms with Crippen LogP contribution in [0.15, 0.2) is 40.3 Å². The van der Waals surface area contributed by atoms with E-state index in [1.807, 2.05) is 37.3 Å². The van der Waals surface area contributed by atoms with Gasteiger partial charge in [0.2, 0.25) is 5.91 Å². The number of H-pyrrole nitrogens is 1. The molecule has 1 amide bonds. The van der Waals surface area contributed by atoms with Gasteiger partial charge in [0, 0.05) is 0 Å². The van der Waals surface area contributed by atoms with Crippen LogP contribution in [0.1, 0.15) is 24.2 Å². The molecule has 2 aromatic rings. The molecule has 1 heterocycles. The third-order valence-corrected chi connectivity index (χ3v) is 3.72. The van der Waals surface area contributed by atoms with Gasteiger partial charge >= 0.3 is 0 Å². The molecule has 21 heavy (non-hydrogen) atoms. The maximum absolute atomic E-state index is 11.9. The molecule has 1 aromatic carbocycles. The molecule has 1 atom stereocenters. The van der Waals surface area contributed by atoms with Crippen LogP contribution >= 0.6 is 11.8 Å². The minimum atomic E-state index is -0.287. The third-order valence-electron chi connectivity index (χ3n) is 2.86. The molecule has 0 fully saturated rings. The number of carbonyl (C=O) groups excluding carboxylic acids is 1. The molecule has 2 N–H and O–H groups in total. The smallest absolute Gasteiger partial charge is 0.273 e. The first-order chi connectivity index (χ1) is 10.1. The summed E-state index contributed by atoms with van der Waals surface area (Å²) in [4.78, 5) is 25.8. The number of hydrogen-bond acceptors (Lipinski definition) is 5. The summed E-state index contributed by atoms with van der Waals surface area (Å²) < 4.78 is 0. The Labute approximate surface area is 126 Å². The highest BCUT2D eigenvalue weighted by Crippen LogP contribution is 2.13. The zero-order chi connectivity index (χ0) is 15.2. The summed E-state index contributed by atoms with van der Waals surface area (Å²) in [6.07, 6.45) is 0. The lowest BCUT2D eigenvalue weighted by Crippen LogP contribution is -2.28. The molecule has 7 heteroatoms. The number of nitrogens with one attached hydrogen (secondary N) is 2. The van der Waals surface area contributed by atoms with E-state index in [0.717, 1.165) is 17.3 Å². The van der Waals surface area contributed by atoms with Crippen molar-refractivity contribution in [2.75, 3.05) is 5.75 Å². The van der Waals surface area contributed by atoms with E-state index in [1.54, 1.807) is 6.92 Å². The molecular formula is C14H16N4O2S. The summed E-state index contributed by atoms with van der Waals surface area (Å²) >= 11 is 1.15. The monoisotopic (exact) mass is 304 g/mol. The van der Waals surface area contributed by atoms with Gasteiger partial charge in [0.15, 0.2) is 5.16 Å². The van der Waals surface area contributed by atoms with Gasteiger partial charge in [-0.2, -0.15) is 0 Å². The van der Waals surface area contributed by atoms with Crippen molar-refractivity contribution in [2.45, 2.75) is 25.0 Å². The van der Waals surface area contributed by atoms with Gasteiger partial charge in [-0.25, -0.2) is 0 Å². The van der Waals surface area contributed by atoms with Crippen LogP contribution in [-0.2, 0) is 4.79 Å². The second-order valence-corrected chi connectivity index (χ2v) is 5.50. The van der Waals surface area contributed by atoms with Gasteiger partial charge in [0.05, 0.1) is 11.8 Å². The molecule has 0 saturated heterocycles. The van der Waals surface area contributed by atoms with Crippen LogP contribution in [-0.4, -0.2) is 26.8 Å². The summed E-state index contributed by atoms with van der Waals surface area (Å²) in [6, 6.07) is 9.64. The number of carbonyl (C=O) groups is 1. The number of amides is 1. The number of aromatic amines is 1. The number of rotatable bonds is 5. The largest absolute Gasteiger partial charge is 0.349 e. The van der Waals surface area contributed by atoms with Crippen LogP contribution in [0.4, 0.5) is 0 Å². The van der Waals surface area contributed by atoms with E-state index in [2.05, 4.69) is 20.5 Å². The Morgan fingerprint density at radius 3 is 2.71 bits per heavy atom. The second kappa shape index (κ2) is 7.03. The summed E-state index contributed by atoms with van der Waals surface area (Å²) in [5.41, 5.74) is 1.06. The quantitative estimate of drug-likeness (QED) is 0.816. The third kappa shape index (κ3) is 4.42. The number of thioether (sulfide) groups is 1. The Balaban J connectivity index is 1.87. The van der Waals surface area contributed by atoms with Crippen LogP contribution in [0, 0.1) is 6.92 Å². The van der Waals surface area contributed by atoms with Gasteiger partial charge in [0.25, 0.3) is 5.56 Å². The number of hydrogen-bond donors (Lipinski definition) is 2. The van der Waals surface area contributed by atoms with E-state index < -0.39 is 0 Å². The number of benzene rings is 1. The predicted octanol–water partition coefficient (Wildman–Crippen LogP) is 1.44. The molecule has 0 saturated carbocycles. The molecule has 110 valence electrons. The predicted molar refractivity (Wildman–Crippen MR) is 81.1 cm³/mol. The Hall–Kier alpha value is -2.15. The van der Waals surface area contributed by atoms with Crippen molar-refractivity contribution in [1.82, 2.24) is 20.5 Å². The lowest BCUT2D eigenvalue weighted by molar-refractivity contribution is -0.119. The summed E-state index contributed by atoms with van der Waals surface area (Å²) in [7, 11) is 0. The van der Waals surface area contributed by atoms with Gasteiger partial charge in [-0.3, -0.25) is 14.6 Å². The van der Waals surface area contributed by atoms with Gasteiger partial charge < -0.3 is 5.32 Å². The average molecular weight is 304 g/mol. The molecule has 0 radical (unpaired) electrons. The Kier molecular flexibility index (Phi) is 5.10. The number of aryl methyl sites for hydroxylation is 1. The van der Waals surface area contributed by atoms with E-state index in [1.165, 1.54) is 0 Å². The fourth-order valence-corrected chi connectivity index (χ4v) is 2.30. The molecule has 0 aliphatic carbocycles. The van der Waals surface area contributed by atoms with Crippen molar-refractivity contribution < 1.29 is 4.79 Å². The van der Waals surface area contributed by atoms with Crippen molar-refractivity contribution in [3.63, 3.8) is 0 Å². The van der Waals surface area contributed by atoms with Crippen molar-refractivity contribution >= 4 is 17.7 Å². The topological polar surface area (TPSA) is 87.7 Å². The molecule has 0 aliphatic rings. The van der Waals surface area contributed by atoms with Crippen LogP contribution in [0.2, 0.25) is 0 Å². The van der Waals surface area contributed by atoms with Gasteiger partial charge in [-0.1, -0.05) is 42.1 Å².